The molecule has 0 atom stereocenters. The number of rotatable bonds is 8. The first kappa shape index (κ1) is 22.8. The molecule has 0 saturated carbocycles. The number of sulfone groups is 1. The van der Waals surface area contributed by atoms with Crippen LogP contribution in [0.15, 0.2) is 71.6 Å². The number of benzene rings is 3. The van der Waals surface area contributed by atoms with E-state index in [0.29, 0.717) is 5.56 Å². The second-order valence-corrected chi connectivity index (χ2v) is 10.8. The number of sulfonamides is 1. The van der Waals surface area contributed by atoms with Gasteiger partial charge in [0.2, 0.25) is 10.0 Å². The first-order valence-electron chi connectivity index (χ1n) is 9.40. The fourth-order valence-corrected chi connectivity index (χ4v) is 5.22. The molecule has 0 fully saturated rings. The smallest absolute Gasteiger partial charge is 0.232 e. The number of hydrogen-bond donors (Lipinski definition) is 1. The van der Waals surface area contributed by atoms with Crippen molar-refractivity contribution in [2.45, 2.75) is 17.6 Å². The van der Waals surface area contributed by atoms with Gasteiger partial charge in [-0.05, 0) is 42.3 Å². The van der Waals surface area contributed by atoms with E-state index in [0.717, 1.165) is 5.56 Å². The van der Waals surface area contributed by atoms with Gasteiger partial charge in [-0.2, -0.15) is 0 Å². The highest BCUT2D eigenvalue weighted by Gasteiger charge is 2.24. The zero-order valence-electron chi connectivity index (χ0n) is 17.0. The lowest BCUT2D eigenvalue weighted by molar-refractivity contribution is 0.414. The zero-order valence-corrected chi connectivity index (χ0v) is 18.6. The van der Waals surface area contributed by atoms with Crippen LogP contribution in [-0.2, 0) is 25.6 Å². The third kappa shape index (κ3) is 5.42. The van der Waals surface area contributed by atoms with Gasteiger partial charge in [0, 0.05) is 11.6 Å². The van der Waals surface area contributed by atoms with Crippen LogP contribution in [0.25, 0.3) is 11.1 Å². The summed E-state index contributed by atoms with van der Waals surface area (Å²) in [6.07, 6.45) is 0. The van der Waals surface area contributed by atoms with Gasteiger partial charge in [0.05, 0.1) is 29.2 Å². The molecule has 164 valence electrons. The van der Waals surface area contributed by atoms with Gasteiger partial charge in [-0.25, -0.2) is 21.2 Å². The number of anilines is 1. The number of nitrogens with one attached hydrogen (secondary N) is 1. The predicted molar refractivity (Wildman–Crippen MR) is 119 cm³/mol. The van der Waals surface area contributed by atoms with Crippen LogP contribution in [0, 0.1) is 5.82 Å². The second-order valence-electron chi connectivity index (χ2n) is 6.80. The Hall–Kier alpha value is -2.91. The van der Waals surface area contributed by atoms with Crippen LogP contribution >= 0.6 is 0 Å². The second kappa shape index (κ2) is 9.07. The molecule has 9 heteroatoms. The van der Waals surface area contributed by atoms with Gasteiger partial charge in [0.15, 0.2) is 9.84 Å². The summed E-state index contributed by atoms with van der Waals surface area (Å²) >= 11 is 0. The molecule has 0 spiro atoms. The van der Waals surface area contributed by atoms with Crippen molar-refractivity contribution in [3.63, 3.8) is 0 Å². The molecule has 3 aromatic carbocycles. The third-order valence-corrected chi connectivity index (χ3v) is 7.67. The highest BCUT2D eigenvalue weighted by Crippen LogP contribution is 2.31. The van der Waals surface area contributed by atoms with Gasteiger partial charge >= 0.3 is 0 Å². The zero-order chi connectivity index (χ0) is 22.6. The van der Waals surface area contributed by atoms with Crippen molar-refractivity contribution in [3.8, 4) is 16.9 Å². The summed E-state index contributed by atoms with van der Waals surface area (Å²) in [7, 11) is -6.46. The van der Waals surface area contributed by atoms with Crippen molar-refractivity contribution in [3.05, 3.63) is 78.1 Å². The normalized spacial score (nSPS) is 11.8. The van der Waals surface area contributed by atoms with E-state index in [4.69, 9.17) is 4.74 Å². The Morgan fingerprint density at radius 2 is 1.61 bits per heavy atom. The van der Waals surface area contributed by atoms with Gasteiger partial charge in [-0.15, -0.1) is 0 Å². The molecule has 0 aliphatic heterocycles. The average molecular weight is 464 g/mol. The predicted octanol–water partition coefficient (Wildman–Crippen LogP) is 4.24. The highest BCUT2D eigenvalue weighted by atomic mass is 32.2. The first-order chi connectivity index (χ1) is 14.6. The molecule has 0 bridgehead atoms. The van der Waals surface area contributed by atoms with Crippen LogP contribution in [0.3, 0.4) is 0 Å². The molecule has 3 aromatic rings. The highest BCUT2D eigenvalue weighted by molar-refractivity contribution is 7.93. The Morgan fingerprint density at radius 1 is 0.903 bits per heavy atom. The van der Waals surface area contributed by atoms with Gasteiger partial charge in [-0.1, -0.05) is 36.4 Å². The monoisotopic (exact) mass is 463 g/mol. The Kier molecular flexibility index (Phi) is 6.66. The van der Waals surface area contributed by atoms with Crippen LogP contribution in [0.1, 0.15) is 12.5 Å². The minimum Gasteiger partial charge on any atom is -0.497 e. The quantitative estimate of drug-likeness (QED) is 0.540. The Morgan fingerprint density at radius 3 is 2.26 bits per heavy atom. The summed E-state index contributed by atoms with van der Waals surface area (Å²) in [5.41, 5.74) is 1.35. The molecule has 0 aliphatic carbocycles. The number of ether oxygens (including phenoxy) is 1. The van der Waals surface area contributed by atoms with Crippen LogP contribution in [0.5, 0.6) is 5.75 Å². The molecule has 3 rings (SSSR count). The summed E-state index contributed by atoms with van der Waals surface area (Å²) < 4.78 is 72.3. The molecule has 0 amide bonds. The molecular formula is C22H22FNO5S2. The van der Waals surface area contributed by atoms with Crippen molar-refractivity contribution >= 4 is 25.5 Å². The van der Waals surface area contributed by atoms with E-state index < -0.39 is 31.4 Å². The molecule has 0 radical (unpaired) electrons. The lowest BCUT2D eigenvalue weighted by Gasteiger charge is -2.14. The molecule has 0 aliphatic rings. The van der Waals surface area contributed by atoms with E-state index in [-0.39, 0.29) is 27.6 Å². The molecule has 0 aromatic heterocycles. The minimum atomic E-state index is -4.09. The van der Waals surface area contributed by atoms with Gasteiger partial charge in [-0.3, -0.25) is 4.72 Å². The van der Waals surface area contributed by atoms with Crippen LogP contribution in [0.4, 0.5) is 10.1 Å². The van der Waals surface area contributed by atoms with E-state index in [2.05, 4.69) is 4.72 Å². The van der Waals surface area contributed by atoms with Crippen molar-refractivity contribution in [1.82, 2.24) is 0 Å². The van der Waals surface area contributed by atoms with Crippen molar-refractivity contribution in [1.29, 1.82) is 0 Å². The first-order valence-corrected chi connectivity index (χ1v) is 12.7. The van der Waals surface area contributed by atoms with Gasteiger partial charge in [0.1, 0.15) is 11.6 Å². The SMILES string of the molecule is CCS(=O)(=O)Nc1cc(OC)ccc1S(=O)(=O)Cc1cc(-c2ccccc2)ccc1F. The van der Waals surface area contributed by atoms with Crippen molar-refractivity contribution in [2.24, 2.45) is 0 Å². The Labute approximate surface area is 181 Å². The van der Waals surface area contributed by atoms with Crippen molar-refractivity contribution in [2.75, 3.05) is 17.6 Å². The van der Waals surface area contributed by atoms with E-state index in [1.165, 1.54) is 44.4 Å². The minimum absolute atomic E-state index is 0.0125. The van der Waals surface area contributed by atoms with E-state index >= 15 is 0 Å². The van der Waals surface area contributed by atoms with Crippen LogP contribution < -0.4 is 9.46 Å². The maximum absolute atomic E-state index is 14.5. The summed E-state index contributed by atoms with van der Waals surface area (Å²) in [5, 5.41) is 0. The molecule has 31 heavy (non-hydrogen) atoms. The summed E-state index contributed by atoms with van der Waals surface area (Å²) in [4.78, 5) is -0.255. The standard InChI is InChI=1S/C22H22FNO5S2/c1-3-31(27,28)24-21-14-19(29-2)10-12-22(21)30(25,26)15-18-13-17(9-11-20(18)23)16-7-5-4-6-8-16/h4-14,24H,3,15H2,1-2H3. The third-order valence-electron chi connectivity index (χ3n) is 4.67. The molecule has 0 unspecified atom stereocenters. The topological polar surface area (TPSA) is 89.5 Å². The molecular weight excluding hydrogens is 441 g/mol. The molecule has 1 N–H and O–H groups in total. The fourth-order valence-electron chi connectivity index (χ4n) is 3.00. The molecule has 0 heterocycles. The largest absolute Gasteiger partial charge is 0.497 e. The molecule has 6 nitrogen and oxygen atoms in total. The van der Waals surface area contributed by atoms with E-state index in [1.807, 2.05) is 30.3 Å². The maximum atomic E-state index is 14.5. The van der Waals surface area contributed by atoms with E-state index in [9.17, 15) is 21.2 Å². The Balaban J connectivity index is 2.03. The van der Waals surface area contributed by atoms with Crippen LogP contribution in [0.2, 0.25) is 0 Å². The lowest BCUT2D eigenvalue weighted by Crippen LogP contribution is -2.18. The van der Waals surface area contributed by atoms with Gasteiger partial charge in [0.25, 0.3) is 0 Å². The van der Waals surface area contributed by atoms with Gasteiger partial charge < -0.3 is 4.74 Å². The van der Waals surface area contributed by atoms with E-state index in [1.54, 1.807) is 6.07 Å². The number of methoxy groups -OCH3 is 1. The average Bonchev–Trinajstić information content (AvgIpc) is 2.75. The number of hydrogen-bond acceptors (Lipinski definition) is 5. The molecule has 0 saturated heterocycles. The van der Waals surface area contributed by atoms with Crippen LogP contribution in [-0.4, -0.2) is 29.7 Å². The van der Waals surface area contributed by atoms with Crippen molar-refractivity contribution < 1.29 is 26.0 Å². The summed E-state index contributed by atoms with van der Waals surface area (Å²) in [6.45, 7) is 1.43. The summed E-state index contributed by atoms with van der Waals surface area (Å²) in [5.74, 6) is -1.25. The summed E-state index contributed by atoms with van der Waals surface area (Å²) in [6, 6.07) is 17.4. The lowest BCUT2D eigenvalue weighted by atomic mass is 10.0. The Bertz CT molecular complexity index is 1290. The number of halogens is 1. The fraction of sp³-hybridized carbons (Fsp3) is 0.182. The maximum Gasteiger partial charge on any atom is 0.232 e.